The average Bonchev–Trinajstić information content (AvgIpc) is 2.77. The lowest BCUT2D eigenvalue weighted by atomic mass is 10.1. The zero-order chi connectivity index (χ0) is 26.5. The third kappa shape index (κ3) is 10.7. The molecule has 0 bridgehead atoms. The molecule has 0 heterocycles. The smallest absolute Gasteiger partial charge is 0.305 e. The Bertz CT molecular complexity index is 1010. The summed E-state index contributed by atoms with van der Waals surface area (Å²) >= 11 is 0. The van der Waals surface area contributed by atoms with Crippen LogP contribution >= 0.6 is 0 Å². The molecule has 190 valence electrons. The fourth-order valence-corrected chi connectivity index (χ4v) is 2.76. The van der Waals surface area contributed by atoms with Crippen molar-refractivity contribution in [2.24, 2.45) is 11.5 Å². The molecule has 0 spiro atoms. The second kappa shape index (κ2) is 13.9. The summed E-state index contributed by atoms with van der Waals surface area (Å²) < 4.78 is 0. The molecular formula is C20H26N6O9. The Morgan fingerprint density at radius 2 is 1.43 bits per heavy atom. The SMILES string of the molecule is NC(=O)CCCNC(=O)c1cc(C(=O)NCCCC(=O)N[C@@H](CC(=O)O)C(N)=O)cc([N+](=O)[O-])c1. The molecule has 1 aromatic rings. The number of carbonyl (C=O) groups is 6. The number of amides is 5. The molecule has 0 fully saturated rings. The molecule has 15 nitrogen and oxygen atoms in total. The van der Waals surface area contributed by atoms with Crippen molar-refractivity contribution in [2.75, 3.05) is 13.1 Å². The van der Waals surface area contributed by atoms with Gasteiger partial charge in [-0.15, -0.1) is 0 Å². The van der Waals surface area contributed by atoms with Crippen molar-refractivity contribution in [3.8, 4) is 0 Å². The maximum Gasteiger partial charge on any atom is 0.305 e. The summed E-state index contributed by atoms with van der Waals surface area (Å²) in [5.41, 5.74) is 9.25. The number of benzene rings is 1. The number of non-ortho nitro benzene ring substituents is 1. The van der Waals surface area contributed by atoms with Crippen LogP contribution in [0.15, 0.2) is 18.2 Å². The van der Waals surface area contributed by atoms with Gasteiger partial charge in [-0.05, 0) is 18.9 Å². The summed E-state index contributed by atoms with van der Waals surface area (Å²) in [5.74, 6) is -4.95. The van der Waals surface area contributed by atoms with Crippen LogP contribution in [0.25, 0.3) is 0 Å². The van der Waals surface area contributed by atoms with Gasteiger partial charge in [0.2, 0.25) is 17.7 Å². The number of rotatable bonds is 15. The first-order valence-corrected chi connectivity index (χ1v) is 10.3. The van der Waals surface area contributed by atoms with Crippen LogP contribution in [-0.2, 0) is 19.2 Å². The number of nitro groups is 1. The highest BCUT2D eigenvalue weighted by Crippen LogP contribution is 2.17. The molecule has 0 aromatic heterocycles. The molecule has 0 aliphatic heterocycles. The lowest BCUT2D eigenvalue weighted by molar-refractivity contribution is -0.384. The van der Waals surface area contributed by atoms with Gasteiger partial charge in [0.1, 0.15) is 6.04 Å². The lowest BCUT2D eigenvalue weighted by Gasteiger charge is -2.13. The summed E-state index contributed by atoms with van der Waals surface area (Å²) in [6, 6.07) is 1.76. The standard InChI is InChI=1S/C20H26N6O9/c21-15(27)3-1-5-23-19(32)11-7-12(9-13(8-11)26(34)35)20(33)24-6-2-4-16(28)25-14(18(22)31)10-17(29)30/h7-9,14H,1-6,10H2,(H2,21,27)(H2,22,31)(H,23,32)(H,24,33)(H,25,28)(H,29,30)/t14-/m0/s1. The Balaban J connectivity index is 2.69. The Labute approximate surface area is 198 Å². The summed E-state index contributed by atoms with van der Waals surface area (Å²) in [6.07, 6.45) is -0.432. The molecule has 1 aromatic carbocycles. The van der Waals surface area contributed by atoms with Crippen molar-refractivity contribution in [1.82, 2.24) is 16.0 Å². The van der Waals surface area contributed by atoms with Gasteiger partial charge < -0.3 is 32.5 Å². The lowest BCUT2D eigenvalue weighted by Crippen LogP contribution is -2.45. The highest BCUT2D eigenvalue weighted by atomic mass is 16.6. The Hall–Kier alpha value is -4.56. The number of carboxylic acids is 1. The fraction of sp³-hybridized carbons (Fsp3) is 0.400. The van der Waals surface area contributed by atoms with Crippen molar-refractivity contribution < 1.29 is 38.8 Å². The third-order valence-corrected chi connectivity index (χ3v) is 4.46. The van der Waals surface area contributed by atoms with E-state index in [1.54, 1.807) is 0 Å². The van der Waals surface area contributed by atoms with Crippen LogP contribution in [0, 0.1) is 10.1 Å². The van der Waals surface area contributed by atoms with E-state index in [1.807, 2.05) is 0 Å². The highest BCUT2D eigenvalue weighted by Gasteiger charge is 2.21. The first kappa shape index (κ1) is 28.5. The number of nitro benzene ring substituents is 1. The molecule has 15 heteroatoms. The zero-order valence-corrected chi connectivity index (χ0v) is 18.6. The minimum absolute atomic E-state index is 0.0379. The van der Waals surface area contributed by atoms with Gasteiger partial charge in [0, 0.05) is 49.2 Å². The van der Waals surface area contributed by atoms with Crippen LogP contribution in [-0.4, -0.2) is 64.7 Å². The van der Waals surface area contributed by atoms with E-state index in [0.29, 0.717) is 0 Å². The number of carbonyl (C=O) groups excluding carboxylic acids is 5. The van der Waals surface area contributed by atoms with Gasteiger partial charge in [-0.25, -0.2) is 0 Å². The van der Waals surface area contributed by atoms with E-state index in [2.05, 4.69) is 16.0 Å². The molecule has 0 aliphatic rings. The minimum atomic E-state index is -1.38. The summed E-state index contributed by atoms with van der Waals surface area (Å²) in [5, 5.41) is 27.0. The van der Waals surface area contributed by atoms with Crippen LogP contribution in [0.4, 0.5) is 5.69 Å². The Kier molecular flexibility index (Phi) is 11.3. The van der Waals surface area contributed by atoms with Crippen molar-refractivity contribution >= 4 is 41.2 Å². The highest BCUT2D eigenvalue weighted by molar-refractivity contribution is 6.00. The maximum absolute atomic E-state index is 12.4. The molecule has 1 atom stereocenters. The fourth-order valence-electron chi connectivity index (χ4n) is 2.76. The Morgan fingerprint density at radius 3 is 1.86 bits per heavy atom. The number of hydrogen-bond donors (Lipinski definition) is 6. The molecule has 0 saturated carbocycles. The van der Waals surface area contributed by atoms with E-state index in [4.69, 9.17) is 16.6 Å². The molecule has 8 N–H and O–H groups in total. The number of carboxylic acid groups (broad SMARTS) is 1. The van der Waals surface area contributed by atoms with Crippen molar-refractivity contribution in [3.05, 3.63) is 39.4 Å². The van der Waals surface area contributed by atoms with E-state index in [-0.39, 0.29) is 49.9 Å². The molecule has 0 radical (unpaired) electrons. The number of primary amides is 2. The van der Waals surface area contributed by atoms with Crippen molar-refractivity contribution in [1.29, 1.82) is 0 Å². The van der Waals surface area contributed by atoms with E-state index in [0.717, 1.165) is 18.2 Å². The molecular weight excluding hydrogens is 468 g/mol. The quantitative estimate of drug-likeness (QED) is 0.0945. The molecule has 35 heavy (non-hydrogen) atoms. The van der Waals surface area contributed by atoms with E-state index in [9.17, 15) is 38.9 Å². The number of hydrogen-bond acceptors (Lipinski definition) is 8. The molecule has 5 amide bonds. The van der Waals surface area contributed by atoms with Gasteiger partial charge >= 0.3 is 5.97 Å². The number of nitrogens with one attached hydrogen (secondary N) is 3. The molecule has 0 unspecified atom stereocenters. The largest absolute Gasteiger partial charge is 0.481 e. The maximum atomic E-state index is 12.4. The second-order valence-electron chi connectivity index (χ2n) is 7.33. The van der Waals surface area contributed by atoms with Gasteiger partial charge in [0.25, 0.3) is 17.5 Å². The van der Waals surface area contributed by atoms with E-state index in [1.165, 1.54) is 0 Å². The Morgan fingerprint density at radius 1 is 0.914 bits per heavy atom. The van der Waals surface area contributed by atoms with Crippen LogP contribution in [0.3, 0.4) is 0 Å². The minimum Gasteiger partial charge on any atom is -0.481 e. The van der Waals surface area contributed by atoms with Crippen LogP contribution in [0.5, 0.6) is 0 Å². The summed E-state index contributed by atoms with van der Waals surface area (Å²) in [4.78, 5) is 79.6. The third-order valence-electron chi connectivity index (χ3n) is 4.46. The summed E-state index contributed by atoms with van der Waals surface area (Å²) in [6.45, 7) is 0.0564. The molecule has 1 rings (SSSR count). The molecule has 0 saturated heterocycles. The van der Waals surface area contributed by atoms with Gasteiger partial charge in [-0.3, -0.25) is 38.9 Å². The van der Waals surface area contributed by atoms with Crippen LogP contribution in [0.2, 0.25) is 0 Å². The average molecular weight is 494 g/mol. The van der Waals surface area contributed by atoms with Crippen LogP contribution in [0.1, 0.15) is 52.8 Å². The molecule has 0 aliphatic carbocycles. The number of nitrogens with two attached hydrogens (primary N) is 2. The van der Waals surface area contributed by atoms with Gasteiger partial charge in [0.05, 0.1) is 11.3 Å². The zero-order valence-electron chi connectivity index (χ0n) is 18.6. The number of nitrogens with zero attached hydrogens (tertiary/aromatic N) is 1. The van der Waals surface area contributed by atoms with Crippen LogP contribution < -0.4 is 27.4 Å². The normalized spacial score (nSPS) is 11.1. The predicted molar refractivity (Wildman–Crippen MR) is 119 cm³/mol. The van der Waals surface area contributed by atoms with E-state index < -0.39 is 58.6 Å². The van der Waals surface area contributed by atoms with Gasteiger partial charge in [0.15, 0.2) is 0 Å². The topological polar surface area (TPSA) is 254 Å². The van der Waals surface area contributed by atoms with Gasteiger partial charge in [-0.1, -0.05) is 0 Å². The van der Waals surface area contributed by atoms with Crippen molar-refractivity contribution in [2.45, 2.75) is 38.1 Å². The second-order valence-corrected chi connectivity index (χ2v) is 7.33. The predicted octanol–water partition coefficient (Wildman–Crippen LogP) is -1.46. The van der Waals surface area contributed by atoms with E-state index >= 15 is 0 Å². The first-order valence-electron chi connectivity index (χ1n) is 10.3. The van der Waals surface area contributed by atoms with Gasteiger partial charge in [-0.2, -0.15) is 0 Å². The number of aliphatic carboxylic acids is 1. The van der Waals surface area contributed by atoms with Crippen molar-refractivity contribution in [3.63, 3.8) is 0 Å². The monoisotopic (exact) mass is 494 g/mol. The first-order chi connectivity index (χ1) is 16.4. The summed E-state index contributed by atoms with van der Waals surface area (Å²) in [7, 11) is 0.